The number of nitrogens with one attached hydrogen (secondary N) is 1. The topological polar surface area (TPSA) is 58.6 Å². The minimum Gasteiger partial charge on any atom is -0.497 e. The lowest BCUT2D eigenvalue weighted by molar-refractivity contribution is -0.129. The molecule has 0 radical (unpaired) electrons. The summed E-state index contributed by atoms with van der Waals surface area (Å²) in [6, 6.07) is 17.1. The van der Waals surface area contributed by atoms with Crippen molar-refractivity contribution in [2.75, 3.05) is 20.2 Å². The van der Waals surface area contributed by atoms with E-state index in [1.54, 1.807) is 7.11 Å². The molecular weight excluding hydrogens is 328 g/mol. The van der Waals surface area contributed by atoms with Gasteiger partial charge in [0.15, 0.2) is 0 Å². The van der Waals surface area contributed by atoms with Crippen molar-refractivity contribution in [1.29, 1.82) is 0 Å². The Bertz CT molecular complexity index is 761. The van der Waals surface area contributed by atoms with Gasteiger partial charge in [-0.2, -0.15) is 0 Å². The highest BCUT2D eigenvalue weighted by atomic mass is 16.5. The molecule has 1 aliphatic heterocycles. The Labute approximate surface area is 154 Å². The summed E-state index contributed by atoms with van der Waals surface area (Å²) < 4.78 is 5.21. The number of amides is 2. The highest BCUT2D eigenvalue weighted by Crippen LogP contribution is 2.19. The third-order valence-electron chi connectivity index (χ3n) is 4.61. The predicted octanol–water partition coefficient (Wildman–Crippen LogP) is 2.72. The summed E-state index contributed by atoms with van der Waals surface area (Å²) in [5, 5.41) is 3.09. The molecule has 5 heteroatoms. The van der Waals surface area contributed by atoms with Crippen LogP contribution in [-0.4, -0.2) is 36.9 Å². The number of carbonyl (C=O) groups excluding carboxylic acids is 2. The fraction of sp³-hybridized carbons (Fsp3) is 0.333. The van der Waals surface area contributed by atoms with Gasteiger partial charge in [-0.1, -0.05) is 42.5 Å². The summed E-state index contributed by atoms with van der Waals surface area (Å²) in [4.78, 5) is 26.4. The van der Waals surface area contributed by atoms with Crippen molar-refractivity contribution < 1.29 is 14.3 Å². The third kappa shape index (κ3) is 4.63. The molecule has 136 valence electrons. The molecule has 2 amide bonds. The largest absolute Gasteiger partial charge is 0.497 e. The van der Waals surface area contributed by atoms with Gasteiger partial charge < -0.3 is 15.0 Å². The Morgan fingerprint density at radius 1 is 1.19 bits per heavy atom. The number of rotatable bonds is 7. The standard InChI is InChI=1S/C21H24N2O3/c1-26-18-10-5-7-16(13-18)14-20(24)22-19(17-8-3-2-4-9-17)15-23-12-6-11-21(23)25/h2-5,7-10,13,19H,6,11-12,14-15H2,1H3,(H,22,24)/t19-/m1/s1. The second-order valence-corrected chi connectivity index (χ2v) is 6.50. The van der Waals surface area contributed by atoms with Gasteiger partial charge in [-0.3, -0.25) is 9.59 Å². The van der Waals surface area contributed by atoms with Crippen LogP contribution in [0.3, 0.4) is 0 Å². The number of hydrogen-bond donors (Lipinski definition) is 1. The Balaban J connectivity index is 1.70. The monoisotopic (exact) mass is 352 g/mol. The molecule has 0 aromatic heterocycles. The Hall–Kier alpha value is -2.82. The van der Waals surface area contributed by atoms with Crippen molar-refractivity contribution >= 4 is 11.8 Å². The maximum Gasteiger partial charge on any atom is 0.224 e. The Kier molecular flexibility index (Phi) is 5.89. The molecule has 0 bridgehead atoms. The first-order chi connectivity index (χ1) is 12.7. The van der Waals surface area contributed by atoms with Crippen LogP contribution in [0.1, 0.15) is 30.0 Å². The van der Waals surface area contributed by atoms with Gasteiger partial charge in [0.1, 0.15) is 5.75 Å². The number of carbonyl (C=O) groups is 2. The zero-order valence-corrected chi connectivity index (χ0v) is 15.0. The quantitative estimate of drug-likeness (QED) is 0.833. The summed E-state index contributed by atoms with van der Waals surface area (Å²) in [6.45, 7) is 1.26. The van der Waals surface area contributed by atoms with E-state index in [0.29, 0.717) is 13.0 Å². The molecule has 0 saturated carbocycles. The molecule has 2 aromatic rings. The van der Waals surface area contributed by atoms with E-state index in [9.17, 15) is 9.59 Å². The SMILES string of the molecule is COc1cccc(CC(=O)N[C@H](CN2CCCC2=O)c2ccccc2)c1. The minimum absolute atomic E-state index is 0.0706. The number of hydrogen-bond acceptors (Lipinski definition) is 3. The molecule has 1 heterocycles. The number of nitrogens with zero attached hydrogens (tertiary/aromatic N) is 1. The summed E-state index contributed by atoms with van der Waals surface area (Å²) in [5.74, 6) is 0.823. The van der Waals surface area contributed by atoms with Crippen LogP contribution in [-0.2, 0) is 16.0 Å². The average Bonchev–Trinajstić information content (AvgIpc) is 3.06. The molecule has 3 rings (SSSR count). The second-order valence-electron chi connectivity index (χ2n) is 6.50. The molecular formula is C21H24N2O3. The van der Waals surface area contributed by atoms with Crippen LogP contribution >= 0.6 is 0 Å². The van der Waals surface area contributed by atoms with Crippen molar-refractivity contribution in [3.63, 3.8) is 0 Å². The number of methoxy groups -OCH3 is 1. The van der Waals surface area contributed by atoms with E-state index in [-0.39, 0.29) is 24.3 Å². The van der Waals surface area contributed by atoms with E-state index in [2.05, 4.69) is 5.32 Å². The molecule has 1 N–H and O–H groups in total. The Morgan fingerprint density at radius 2 is 2.00 bits per heavy atom. The molecule has 2 aromatic carbocycles. The lowest BCUT2D eigenvalue weighted by Crippen LogP contribution is -2.39. The van der Waals surface area contributed by atoms with Gasteiger partial charge in [0.2, 0.25) is 11.8 Å². The lowest BCUT2D eigenvalue weighted by atomic mass is 10.1. The normalized spacial score (nSPS) is 15.0. The van der Waals surface area contributed by atoms with Gasteiger partial charge in [-0.05, 0) is 29.7 Å². The van der Waals surface area contributed by atoms with E-state index in [4.69, 9.17) is 4.74 Å². The van der Waals surface area contributed by atoms with Crippen LogP contribution in [0.4, 0.5) is 0 Å². The van der Waals surface area contributed by atoms with Crippen LogP contribution in [0.15, 0.2) is 54.6 Å². The van der Waals surface area contributed by atoms with Crippen LogP contribution in [0, 0.1) is 0 Å². The van der Waals surface area contributed by atoms with Crippen molar-refractivity contribution in [3.05, 3.63) is 65.7 Å². The number of ether oxygens (including phenoxy) is 1. The smallest absolute Gasteiger partial charge is 0.224 e. The average molecular weight is 352 g/mol. The minimum atomic E-state index is -0.212. The van der Waals surface area contributed by atoms with Crippen LogP contribution < -0.4 is 10.1 Å². The fourth-order valence-electron chi connectivity index (χ4n) is 3.25. The summed E-state index contributed by atoms with van der Waals surface area (Å²) >= 11 is 0. The first-order valence-corrected chi connectivity index (χ1v) is 8.90. The van der Waals surface area contributed by atoms with Gasteiger partial charge in [0.25, 0.3) is 0 Å². The zero-order chi connectivity index (χ0) is 18.4. The van der Waals surface area contributed by atoms with Crippen molar-refractivity contribution in [1.82, 2.24) is 10.2 Å². The molecule has 5 nitrogen and oxygen atoms in total. The first kappa shape index (κ1) is 18.0. The van der Waals surface area contributed by atoms with Gasteiger partial charge in [0.05, 0.1) is 19.6 Å². The summed E-state index contributed by atoms with van der Waals surface area (Å²) in [6.07, 6.45) is 1.76. The van der Waals surface area contributed by atoms with Crippen molar-refractivity contribution in [3.8, 4) is 5.75 Å². The molecule has 0 spiro atoms. The Morgan fingerprint density at radius 3 is 2.69 bits per heavy atom. The van der Waals surface area contributed by atoms with Gasteiger partial charge >= 0.3 is 0 Å². The molecule has 1 fully saturated rings. The highest BCUT2D eigenvalue weighted by molar-refractivity contribution is 5.80. The van der Waals surface area contributed by atoms with Gasteiger partial charge in [-0.25, -0.2) is 0 Å². The number of likely N-dealkylation sites (tertiary alicyclic amines) is 1. The van der Waals surface area contributed by atoms with Gasteiger partial charge in [0, 0.05) is 19.5 Å². The van der Waals surface area contributed by atoms with E-state index in [0.717, 1.165) is 29.8 Å². The molecule has 1 saturated heterocycles. The summed E-state index contributed by atoms with van der Waals surface area (Å²) in [7, 11) is 1.61. The lowest BCUT2D eigenvalue weighted by Gasteiger charge is -2.25. The van der Waals surface area contributed by atoms with Crippen LogP contribution in [0.5, 0.6) is 5.75 Å². The molecule has 26 heavy (non-hydrogen) atoms. The molecule has 1 aliphatic rings. The zero-order valence-electron chi connectivity index (χ0n) is 15.0. The molecule has 0 aliphatic carbocycles. The molecule has 1 atom stereocenters. The van der Waals surface area contributed by atoms with Gasteiger partial charge in [-0.15, -0.1) is 0 Å². The maximum absolute atomic E-state index is 12.6. The van der Waals surface area contributed by atoms with E-state index < -0.39 is 0 Å². The van der Waals surface area contributed by atoms with Crippen LogP contribution in [0.25, 0.3) is 0 Å². The van der Waals surface area contributed by atoms with E-state index in [1.807, 2.05) is 59.5 Å². The fourth-order valence-corrected chi connectivity index (χ4v) is 3.25. The second kappa shape index (κ2) is 8.52. The van der Waals surface area contributed by atoms with E-state index >= 15 is 0 Å². The molecule has 0 unspecified atom stereocenters. The van der Waals surface area contributed by atoms with E-state index in [1.165, 1.54) is 0 Å². The predicted molar refractivity (Wildman–Crippen MR) is 99.8 cm³/mol. The number of benzene rings is 2. The third-order valence-corrected chi connectivity index (χ3v) is 4.61. The highest BCUT2D eigenvalue weighted by Gasteiger charge is 2.25. The van der Waals surface area contributed by atoms with Crippen LogP contribution in [0.2, 0.25) is 0 Å². The maximum atomic E-state index is 12.6. The van der Waals surface area contributed by atoms with Crippen molar-refractivity contribution in [2.45, 2.75) is 25.3 Å². The summed E-state index contributed by atoms with van der Waals surface area (Å²) in [5.41, 5.74) is 1.90. The first-order valence-electron chi connectivity index (χ1n) is 8.90. The van der Waals surface area contributed by atoms with Crippen molar-refractivity contribution in [2.24, 2.45) is 0 Å².